The van der Waals surface area contributed by atoms with E-state index in [-0.39, 0.29) is 23.7 Å². The maximum absolute atomic E-state index is 13.4. The third-order valence-corrected chi connectivity index (χ3v) is 6.88. The van der Waals surface area contributed by atoms with Gasteiger partial charge in [0.15, 0.2) is 0 Å². The molecule has 3 aromatic rings. The van der Waals surface area contributed by atoms with Crippen molar-refractivity contribution >= 4 is 5.91 Å². The summed E-state index contributed by atoms with van der Waals surface area (Å²) in [6.45, 7) is 3.79. The average molecular weight is 455 g/mol. The summed E-state index contributed by atoms with van der Waals surface area (Å²) in [6, 6.07) is 10.1. The molecular formula is C28H27FN4O. The number of hydrogen-bond acceptors (Lipinski definition) is 3. The Hall–Kier alpha value is -3.72. The Morgan fingerprint density at radius 2 is 2.09 bits per heavy atom. The molecule has 2 heterocycles. The van der Waals surface area contributed by atoms with E-state index in [2.05, 4.69) is 34.2 Å². The van der Waals surface area contributed by atoms with Crippen molar-refractivity contribution in [3.05, 3.63) is 88.8 Å². The number of aromatic nitrogens is 3. The highest BCUT2D eigenvalue weighted by molar-refractivity contribution is 5.73. The molecule has 1 N–H and O–H groups in total. The third kappa shape index (κ3) is 4.38. The quantitative estimate of drug-likeness (QED) is 0.458. The van der Waals surface area contributed by atoms with Gasteiger partial charge in [0.05, 0.1) is 23.6 Å². The van der Waals surface area contributed by atoms with Gasteiger partial charge in [-0.2, -0.15) is 5.10 Å². The molecule has 5 rings (SSSR count). The Labute approximate surface area is 199 Å². The molecule has 0 saturated carbocycles. The van der Waals surface area contributed by atoms with Crippen LogP contribution in [0.4, 0.5) is 4.39 Å². The van der Waals surface area contributed by atoms with Crippen LogP contribution in [-0.2, 0) is 11.2 Å². The molecule has 1 amide bonds. The number of carbonyl (C=O) groups is 1. The van der Waals surface area contributed by atoms with Crippen molar-refractivity contribution in [1.82, 2.24) is 20.1 Å². The van der Waals surface area contributed by atoms with Gasteiger partial charge in [-0.3, -0.25) is 9.78 Å². The van der Waals surface area contributed by atoms with Gasteiger partial charge in [-0.15, -0.1) is 0 Å². The zero-order valence-electron chi connectivity index (χ0n) is 19.4. The highest BCUT2D eigenvalue weighted by Gasteiger charge is 2.37. The molecule has 0 aliphatic heterocycles. The first-order chi connectivity index (χ1) is 16.5. The Morgan fingerprint density at radius 3 is 2.82 bits per heavy atom. The van der Waals surface area contributed by atoms with Gasteiger partial charge >= 0.3 is 0 Å². The zero-order valence-corrected chi connectivity index (χ0v) is 19.4. The molecule has 2 aliphatic rings. The Kier molecular flexibility index (Phi) is 6.02. The van der Waals surface area contributed by atoms with Crippen molar-refractivity contribution in [2.45, 2.75) is 51.5 Å². The maximum atomic E-state index is 13.4. The number of hydrogen-bond donors (Lipinski definition) is 1. The molecule has 2 aliphatic carbocycles. The molecule has 5 nitrogen and oxygen atoms in total. The zero-order chi connectivity index (χ0) is 23.7. The number of halogens is 1. The van der Waals surface area contributed by atoms with Crippen molar-refractivity contribution in [2.75, 3.05) is 0 Å². The minimum Gasteiger partial charge on any atom is -0.343 e. The molecule has 34 heavy (non-hydrogen) atoms. The molecule has 0 radical (unpaired) electrons. The van der Waals surface area contributed by atoms with Gasteiger partial charge in [0.2, 0.25) is 5.91 Å². The van der Waals surface area contributed by atoms with Crippen molar-refractivity contribution < 1.29 is 9.18 Å². The van der Waals surface area contributed by atoms with E-state index in [0.29, 0.717) is 5.92 Å². The number of amides is 1. The Bertz CT molecular complexity index is 1300. The summed E-state index contributed by atoms with van der Waals surface area (Å²) in [7, 11) is 0. The number of pyridine rings is 1. The van der Waals surface area contributed by atoms with Gasteiger partial charge in [-0.25, -0.2) is 9.07 Å². The van der Waals surface area contributed by atoms with Crippen LogP contribution >= 0.6 is 0 Å². The van der Waals surface area contributed by atoms with Crippen molar-refractivity contribution in [2.24, 2.45) is 5.92 Å². The van der Waals surface area contributed by atoms with Crippen LogP contribution < -0.4 is 5.32 Å². The minimum atomic E-state index is -0.248. The van der Waals surface area contributed by atoms with Gasteiger partial charge in [0, 0.05) is 42.8 Å². The largest absolute Gasteiger partial charge is 0.343 e. The summed E-state index contributed by atoms with van der Waals surface area (Å²) < 4.78 is 15.4. The normalized spacial score (nSPS) is 19.6. The summed E-state index contributed by atoms with van der Waals surface area (Å²) in [5, 5.41) is 7.68. The second-order valence-electron chi connectivity index (χ2n) is 9.13. The molecule has 0 spiro atoms. The minimum absolute atomic E-state index is 0.0720. The maximum Gasteiger partial charge on any atom is 0.217 e. The monoisotopic (exact) mass is 454 g/mol. The lowest BCUT2D eigenvalue weighted by Gasteiger charge is -2.28. The van der Waals surface area contributed by atoms with E-state index in [9.17, 15) is 9.18 Å². The third-order valence-electron chi connectivity index (χ3n) is 6.88. The number of nitrogens with zero attached hydrogens (tertiary/aromatic N) is 3. The van der Waals surface area contributed by atoms with Crippen LogP contribution in [0.5, 0.6) is 0 Å². The first-order valence-corrected chi connectivity index (χ1v) is 11.7. The molecule has 3 atom stereocenters. The Morgan fingerprint density at radius 1 is 1.26 bits per heavy atom. The second-order valence-corrected chi connectivity index (χ2v) is 9.13. The summed E-state index contributed by atoms with van der Waals surface area (Å²) in [5.41, 5.74) is 7.08. The molecule has 1 unspecified atom stereocenters. The topological polar surface area (TPSA) is 59.8 Å². The van der Waals surface area contributed by atoms with Crippen LogP contribution in [0, 0.1) is 23.6 Å². The van der Waals surface area contributed by atoms with Gasteiger partial charge in [-0.1, -0.05) is 29.9 Å². The van der Waals surface area contributed by atoms with E-state index in [1.165, 1.54) is 41.5 Å². The number of carbonyl (C=O) groups excluding carboxylic acids is 1. The van der Waals surface area contributed by atoms with Crippen molar-refractivity contribution in [3.63, 3.8) is 0 Å². The van der Waals surface area contributed by atoms with Crippen molar-refractivity contribution in [1.29, 1.82) is 0 Å². The standard InChI is InChI=1S/C28H27FN4O/c1-18-26-17-31-33(25-11-8-23(29)9-12-25)27(26)15-22-7-6-21(28(18)22)14-24(32-19(2)34)10-5-20-4-3-13-30-16-20/h3-4,8-9,11-13,16-18,21,24H,6-7,14-15H2,1-2H3,(H,32,34)/t18-,21+,24?/m0/s1. The van der Waals surface area contributed by atoms with Crippen LogP contribution in [-0.4, -0.2) is 26.7 Å². The fourth-order valence-corrected chi connectivity index (χ4v) is 5.42. The smallest absolute Gasteiger partial charge is 0.217 e. The van der Waals surface area contributed by atoms with E-state index in [1.807, 2.05) is 23.0 Å². The van der Waals surface area contributed by atoms with Crippen LogP contribution in [0.1, 0.15) is 55.8 Å². The van der Waals surface area contributed by atoms with E-state index in [1.54, 1.807) is 24.5 Å². The second kappa shape index (κ2) is 9.26. The SMILES string of the molecule is CC(=O)NC(C#Cc1cccnc1)C[C@H]1CCC2=C1[C@@H](C)c1cnn(-c3ccc(F)cc3)c1C2. The van der Waals surface area contributed by atoms with E-state index in [4.69, 9.17) is 0 Å². The number of benzene rings is 1. The lowest BCUT2D eigenvalue weighted by molar-refractivity contribution is -0.119. The van der Waals surface area contributed by atoms with E-state index >= 15 is 0 Å². The van der Waals surface area contributed by atoms with Gasteiger partial charge < -0.3 is 5.32 Å². The Balaban J connectivity index is 1.39. The molecule has 0 saturated heterocycles. The first-order valence-electron chi connectivity index (χ1n) is 11.7. The van der Waals surface area contributed by atoms with Crippen LogP contribution in [0.3, 0.4) is 0 Å². The summed E-state index contributed by atoms with van der Waals surface area (Å²) >= 11 is 0. The molecule has 6 heteroatoms. The number of rotatable bonds is 4. The highest BCUT2D eigenvalue weighted by Crippen LogP contribution is 2.48. The number of nitrogens with one attached hydrogen (secondary N) is 1. The van der Waals surface area contributed by atoms with Crippen LogP contribution in [0.25, 0.3) is 5.69 Å². The highest BCUT2D eigenvalue weighted by atomic mass is 19.1. The number of allylic oxidation sites excluding steroid dienone is 2. The molecule has 0 fully saturated rings. The predicted molar refractivity (Wildman–Crippen MR) is 129 cm³/mol. The number of fused-ring (bicyclic) bond motifs is 1. The van der Waals surface area contributed by atoms with Gasteiger partial charge in [0.25, 0.3) is 0 Å². The molecular weight excluding hydrogens is 427 g/mol. The van der Waals surface area contributed by atoms with Crippen LogP contribution in [0.15, 0.2) is 66.1 Å². The molecule has 2 aromatic heterocycles. The molecule has 0 bridgehead atoms. The lowest BCUT2D eigenvalue weighted by Crippen LogP contribution is -2.34. The predicted octanol–water partition coefficient (Wildman–Crippen LogP) is 4.72. The van der Waals surface area contributed by atoms with Gasteiger partial charge in [-0.05, 0) is 61.6 Å². The van der Waals surface area contributed by atoms with E-state index < -0.39 is 0 Å². The van der Waals surface area contributed by atoms with Crippen molar-refractivity contribution in [3.8, 4) is 17.5 Å². The molecule has 172 valence electrons. The lowest BCUT2D eigenvalue weighted by atomic mass is 9.78. The summed E-state index contributed by atoms with van der Waals surface area (Å²) in [4.78, 5) is 16.0. The fourth-order valence-electron chi connectivity index (χ4n) is 5.42. The van der Waals surface area contributed by atoms with Gasteiger partial charge in [0.1, 0.15) is 5.82 Å². The average Bonchev–Trinajstić information content (AvgIpc) is 3.43. The first kappa shape index (κ1) is 22.1. The summed E-state index contributed by atoms with van der Waals surface area (Å²) in [6.07, 6.45) is 9.16. The van der Waals surface area contributed by atoms with Crippen LogP contribution in [0.2, 0.25) is 0 Å². The molecule has 1 aromatic carbocycles. The summed E-state index contributed by atoms with van der Waals surface area (Å²) in [5.74, 6) is 6.73. The fraction of sp³-hybridized carbons (Fsp3) is 0.321. The van der Waals surface area contributed by atoms with E-state index in [0.717, 1.165) is 36.9 Å².